The van der Waals surface area contributed by atoms with Crippen LogP contribution in [0.4, 0.5) is 11.4 Å². The third-order valence-corrected chi connectivity index (χ3v) is 7.87. The number of carbonyl (C=O) groups is 4. The second kappa shape index (κ2) is 7.90. The van der Waals surface area contributed by atoms with E-state index in [9.17, 15) is 19.2 Å². The van der Waals surface area contributed by atoms with Crippen molar-refractivity contribution in [3.05, 3.63) is 65.7 Å². The minimum atomic E-state index is -0.563. The Balaban J connectivity index is 1.16. The van der Waals surface area contributed by atoms with Gasteiger partial charge in [-0.15, -0.1) is 0 Å². The topological polar surface area (TPSA) is 84.0 Å². The Morgan fingerprint density at radius 3 is 2.31 bits per heavy atom. The van der Waals surface area contributed by atoms with Crippen LogP contribution in [0.15, 0.2) is 54.6 Å². The lowest BCUT2D eigenvalue weighted by Crippen LogP contribution is -2.33. The first kappa shape index (κ1) is 21.8. The van der Waals surface area contributed by atoms with Crippen molar-refractivity contribution in [1.29, 1.82) is 0 Å². The first-order valence-electron chi connectivity index (χ1n) is 12.1. The summed E-state index contributed by atoms with van der Waals surface area (Å²) in [7, 11) is 0. The average Bonchev–Trinajstić information content (AvgIpc) is 3.58. The zero-order valence-electron chi connectivity index (χ0n) is 19.6. The minimum absolute atomic E-state index is 0.0970. The normalized spacial score (nSPS) is 28.9. The number of fused-ring (bicyclic) bond motifs is 5. The van der Waals surface area contributed by atoms with Gasteiger partial charge in [-0.1, -0.05) is 24.3 Å². The monoisotopic (exact) mass is 470 g/mol. The molecule has 5 atom stereocenters. The standard InChI is InChI=1S/C28H26N2O5/c1-15-4-3-5-20(10-15)29-14-19(13-23(29)31)28(34)35-21-8-9-22(16(2)11-21)30-26(32)24-17-6-7-18(12-17)25(24)27(30)33/h3-11,17-19,24-25H,12-14H2,1-2H3/t17-,18-,19+,24-,25+/m0/s1. The summed E-state index contributed by atoms with van der Waals surface area (Å²) in [4.78, 5) is 54.6. The average molecular weight is 471 g/mol. The third kappa shape index (κ3) is 3.40. The number of hydrogen-bond acceptors (Lipinski definition) is 5. The molecule has 0 radical (unpaired) electrons. The first-order chi connectivity index (χ1) is 16.8. The fourth-order valence-corrected chi connectivity index (χ4v) is 6.19. The molecule has 3 amide bonds. The molecule has 2 bridgehead atoms. The molecule has 2 saturated heterocycles. The highest BCUT2D eigenvalue weighted by Crippen LogP contribution is 2.53. The van der Waals surface area contributed by atoms with Crippen molar-refractivity contribution >= 4 is 35.1 Å². The van der Waals surface area contributed by atoms with Crippen molar-refractivity contribution in [3.8, 4) is 5.75 Å². The first-order valence-corrected chi connectivity index (χ1v) is 12.1. The molecule has 3 fully saturated rings. The molecular weight excluding hydrogens is 444 g/mol. The summed E-state index contributed by atoms with van der Waals surface area (Å²) in [6, 6.07) is 12.6. The van der Waals surface area contributed by atoms with Gasteiger partial charge in [0.15, 0.2) is 0 Å². The van der Waals surface area contributed by atoms with Gasteiger partial charge in [-0.25, -0.2) is 4.90 Å². The van der Waals surface area contributed by atoms with Crippen LogP contribution in [0.3, 0.4) is 0 Å². The van der Waals surface area contributed by atoms with E-state index >= 15 is 0 Å². The van der Waals surface area contributed by atoms with E-state index in [1.54, 1.807) is 30.0 Å². The maximum absolute atomic E-state index is 13.1. The molecule has 2 heterocycles. The molecule has 35 heavy (non-hydrogen) atoms. The van der Waals surface area contributed by atoms with Crippen LogP contribution in [0.25, 0.3) is 0 Å². The number of nitrogens with zero attached hydrogens (tertiary/aromatic N) is 2. The van der Waals surface area contributed by atoms with Crippen LogP contribution in [0.5, 0.6) is 5.75 Å². The number of esters is 1. The van der Waals surface area contributed by atoms with Crippen molar-refractivity contribution in [2.75, 3.05) is 16.3 Å². The number of anilines is 2. The smallest absolute Gasteiger partial charge is 0.316 e. The Morgan fingerprint density at radius 2 is 1.66 bits per heavy atom. The lowest BCUT2D eigenvalue weighted by Gasteiger charge is -2.20. The number of carbonyl (C=O) groups excluding carboxylic acids is 4. The molecule has 2 aliphatic carbocycles. The molecule has 2 aromatic rings. The number of allylic oxidation sites excluding steroid dienone is 2. The summed E-state index contributed by atoms with van der Waals surface area (Å²) < 4.78 is 5.61. The maximum Gasteiger partial charge on any atom is 0.316 e. The number of amides is 3. The van der Waals surface area contributed by atoms with Crippen molar-refractivity contribution in [1.82, 2.24) is 0 Å². The number of ether oxygens (including phenoxy) is 1. The Bertz CT molecular complexity index is 1280. The summed E-state index contributed by atoms with van der Waals surface area (Å²) in [5, 5.41) is 0. The molecule has 0 aromatic heterocycles. The lowest BCUT2D eigenvalue weighted by atomic mass is 9.85. The van der Waals surface area contributed by atoms with E-state index in [-0.39, 0.29) is 54.4 Å². The molecule has 0 N–H and O–H groups in total. The van der Waals surface area contributed by atoms with Gasteiger partial charge in [0, 0.05) is 18.7 Å². The number of benzene rings is 2. The molecule has 1 saturated carbocycles. The van der Waals surface area contributed by atoms with Gasteiger partial charge in [-0.3, -0.25) is 19.2 Å². The van der Waals surface area contributed by atoms with Gasteiger partial charge in [0.25, 0.3) is 0 Å². The van der Waals surface area contributed by atoms with Crippen LogP contribution in [0.1, 0.15) is 24.0 Å². The predicted octanol–water partition coefficient (Wildman–Crippen LogP) is 3.57. The second-order valence-electron chi connectivity index (χ2n) is 10.1. The van der Waals surface area contributed by atoms with Gasteiger partial charge >= 0.3 is 5.97 Å². The van der Waals surface area contributed by atoms with E-state index in [1.165, 1.54) is 4.90 Å². The van der Waals surface area contributed by atoms with Gasteiger partial charge in [-0.05, 0) is 73.6 Å². The van der Waals surface area contributed by atoms with Gasteiger partial charge in [0.2, 0.25) is 17.7 Å². The molecule has 2 aromatic carbocycles. The Hall–Kier alpha value is -3.74. The largest absolute Gasteiger partial charge is 0.426 e. The molecule has 0 spiro atoms. The van der Waals surface area contributed by atoms with Crippen molar-refractivity contribution < 1.29 is 23.9 Å². The highest BCUT2D eigenvalue weighted by molar-refractivity contribution is 6.23. The molecular formula is C28H26N2O5. The Morgan fingerprint density at radius 1 is 0.943 bits per heavy atom. The minimum Gasteiger partial charge on any atom is -0.426 e. The van der Waals surface area contributed by atoms with E-state index in [0.717, 1.165) is 17.7 Å². The maximum atomic E-state index is 13.1. The number of rotatable bonds is 4. The fourth-order valence-electron chi connectivity index (χ4n) is 6.19. The number of aryl methyl sites for hydroxylation is 2. The second-order valence-corrected chi connectivity index (χ2v) is 10.1. The number of hydrogen-bond donors (Lipinski definition) is 0. The van der Waals surface area contributed by atoms with Gasteiger partial charge < -0.3 is 9.64 Å². The van der Waals surface area contributed by atoms with Crippen LogP contribution >= 0.6 is 0 Å². The molecule has 2 aliphatic heterocycles. The highest BCUT2D eigenvalue weighted by atomic mass is 16.5. The summed E-state index contributed by atoms with van der Waals surface area (Å²) in [5.74, 6) is -1.28. The van der Waals surface area contributed by atoms with Crippen LogP contribution in [0, 0.1) is 43.4 Å². The molecule has 7 nitrogen and oxygen atoms in total. The molecule has 0 unspecified atom stereocenters. The summed E-state index contributed by atoms with van der Waals surface area (Å²) in [6.07, 6.45) is 5.13. The Kier molecular flexibility index (Phi) is 4.91. The highest BCUT2D eigenvalue weighted by Gasteiger charge is 2.59. The van der Waals surface area contributed by atoms with Gasteiger partial charge in [0.05, 0.1) is 23.4 Å². The summed E-state index contributed by atoms with van der Waals surface area (Å²) in [6.45, 7) is 4.03. The van der Waals surface area contributed by atoms with Gasteiger partial charge in [0.1, 0.15) is 5.75 Å². The van der Waals surface area contributed by atoms with E-state index in [0.29, 0.717) is 17.0 Å². The summed E-state index contributed by atoms with van der Waals surface area (Å²) >= 11 is 0. The SMILES string of the molecule is Cc1cccc(N2C[C@H](C(=O)Oc3ccc(N4C(=O)[C@@H]5[C@H](C4=O)[C@H]4C=C[C@H]5C4)c(C)c3)CC2=O)c1. The molecule has 4 aliphatic rings. The predicted molar refractivity (Wildman–Crippen MR) is 129 cm³/mol. The van der Waals surface area contributed by atoms with Crippen LogP contribution in [-0.2, 0) is 19.2 Å². The van der Waals surface area contributed by atoms with Crippen LogP contribution in [-0.4, -0.2) is 30.2 Å². The van der Waals surface area contributed by atoms with Gasteiger partial charge in [-0.2, -0.15) is 0 Å². The zero-order valence-corrected chi connectivity index (χ0v) is 19.6. The quantitative estimate of drug-likeness (QED) is 0.295. The molecule has 6 rings (SSSR count). The van der Waals surface area contributed by atoms with Crippen molar-refractivity contribution in [2.45, 2.75) is 26.7 Å². The number of imide groups is 1. The third-order valence-electron chi connectivity index (χ3n) is 7.87. The van der Waals surface area contributed by atoms with Crippen molar-refractivity contribution in [2.24, 2.45) is 29.6 Å². The molecule has 178 valence electrons. The van der Waals surface area contributed by atoms with Crippen LogP contribution < -0.4 is 14.5 Å². The Labute approximate surface area is 203 Å². The summed E-state index contributed by atoms with van der Waals surface area (Å²) in [5.41, 5.74) is 3.04. The lowest BCUT2D eigenvalue weighted by molar-refractivity contribution is -0.139. The van der Waals surface area contributed by atoms with E-state index in [2.05, 4.69) is 12.2 Å². The van der Waals surface area contributed by atoms with E-state index < -0.39 is 11.9 Å². The molecule has 7 heteroatoms. The van der Waals surface area contributed by atoms with E-state index in [4.69, 9.17) is 4.74 Å². The van der Waals surface area contributed by atoms with Crippen molar-refractivity contribution in [3.63, 3.8) is 0 Å². The van der Waals surface area contributed by atoms with E-state index in [1.807, 2.05) is 31.2 Å². The fraction of sp³-hybridized carbons (Fsp3) is 0.357. The van der Waals surface area contributed by atoms with Crippen LogP contribution in [0.2, 0.25) is 0 Å². The zero-order chi connectivity index (χ0) is 24.4.